The highest BCUT2D eigenvalue weighted by molar-refractivity contribution is 5.97. The van der Waals surface area contributed by atoms with Gasteiger partial charge in [-0.1, -0.05) is 27.7 Å². The number of nitro benzene ring substituents is 1. The Morgan fingerprint density at radius 1 is 0.871 bits per heavy atom. The van der Waals surface area contributed by atoms with E-state index in [1.807, 2.05) is 18.2 Å². The number of carbonyl (C=O) groups excluding carboxylic acids is 1. The molecule has 2 aromatic carbocycles. The number of rotatable bonds is 4. The Kier molecular flexibility index (Phi) is 4.51. The lowest BCUT2D eigenvalue weighted by molar-refractivity contribution is -0.385. The standard InChI is InChI=1S/C25H29NO5/c1-14(27)15-8-16-18(10-21(15)30-6)25(12-23(16,2)3)13-24(4,5)17-9-20(26(28)29)22(31-7)11-19(17)25/h8-11H,12-13H2,1-7H3. The number of ketones is 1. The van der Waals surface area contributed by atoms with Gasteiger partial charge in [0.2, 0.25) is 0 Å². The molecule has 0 radical (unpaired) electrons. The van der Waals surface area contributed by atoms with Crippen molar-refractivity contribution in [3.63, 3.8) is 0 Å². The molecule has 1 unspecified atom stereocenters. The molecule has 0 bridgehead atoms. The maximum Gasteiger partial charge on any atom is 0.311 e. The number of carbonyl (C=O) groups is 1. The number of fused-ring (bicyclic) bond motifs is 4. The Bertz CT molecular complexity index is 1040. The summed E-state index contributed by atoms with van der Waals surface area (Å²) in [6.07, 6.45) is 1.66. The molecule has 0 N–H and O–H groups in total. The molecule has 0 saturated carbocycles. The number of hydrogen-bond acceptors (Lipinski definition) is 5. The van der Waals surface area contributed by atoms with Gasteiger partial charge in [0, 0.05) is 11.5 Å². The lowest BCUT2D eigenvalue weighted by Crippen LogP contribution is -2.27. The molecule has 1 atom stereocenters. The van der Waals surface area contributed by atoms with Gasteiger partial charge in [0.15, 0.2) is 11.5 Å². The predicted octanol–water partition coefficient (Wildman–Crippen LogP) is 5.46. The van der Waals surface area contributed by atoms with E-state index in [9.17, 15) is 14.9 Å². The van der Waals surface area contributed by atoms with Crippen LogP contribution < -0.4 is 9.47 Å². The fourth-order valence-corrected chi connectivity index (χ4v) is 6.10. The average Bonchev–Trinajstić information content (AvgIpc) is 3.05. The van der Waals surface area contributed by atoms with Crippen LogP contribution in [-0.2, 0) is 16.2 Å². The van der Waals surface area contributed by atoms with E-state index in [0.717, 1.165) is 35.1 Å². The number of methoxy groups -OCH3 is 2. The molecule has 2 aliphatic carbocycles. The number of hydrogen-bond donors (Lipinski definition) is 0. The van der Waals surface area contributed by atoms with Crippen molar-refractivity contribution in [3.8, 4) is 11.5 Å². The van der Waals surface area contributed by atoms with Gasteiger partial charge in [0.25, 0.3) is 0 Å². The molecule has 6 heteroatoms. The first-order chi connectivity index (χ1) is 14.4. The highest BCUT2D eigenvalue weighted by Crippen LogP contribution is 2.64. The molecule has 0 saturated heterocycles. The van der Waals surface area contributed by atoms with Crippen molar-refractivity contribution in [3.05, 3.63) is 62.2 Å². The number of Topliss-reactive ketones (excluding diaryl/α,β-unsaturated/α-hetero) is 1. The van der Waals surface area contributed by atoms with Crippen molar-refractivity contribution in [2.75, 3.05) is 14.2 Å². The minimum absolute atomic E-state index is 0.00614. The normalized spacial score (nSPS) is 22.2. The summed E-state index contributed by atoms with van der Waals surface area (Å²) in [6.45, 7) is 10.2. The molecule has 0 heterocycles. The maximum atomic E-state index is 12.3. The van der Waals surface area contributed by atoms with E-state index in [-0.39, 0.29) is 38.4 Å². The summed E-state index contributed by atoms with van der Waals surface area (Å²) in [5.41, 5.74) is 4.17. The van der Waals surface area contributed by atoms with E-state index in [1.54, 1.807) is 20.1 Å². The van der Waals surface area contributed by atoms with Gasteiger partial charge >= 0.3 is 5.69 Å². The minimum Gasteiger partial charge on any atom is -0.496 e. The van der Waals surface area contributed by atoms with Crippen molar-refractivity contribution in [1.82, 2.24) is 0 Å². The molecule has 0 aromatic heterocycles. The molecule has 31 heavy (non-hydrogen) atoms. The molecule has 2 aliphatic rings. The van der Waals surface area contributed by atoms with Crippen molar-refractivity contribution >= 4 is 11.5 Å². The van der Waals surface area contributed by atoms with Crippen LogP contribution in [0.25, 0.3) is 0 Å². The Hall–Kier alpha value is -2.89. The number of nitrogens with zero attached hydrogens (tertiary/aromatic N) is 1. The molecule has 0 aliphatic heterocycles. The van der Waals surface area contributed by atoms with Gasteiger partial charge in [-0.15, -0.1) is 0 Å². The quantitative estimate of drug-likeness (QED) is 0.370. The zero-order chi connectivity index (χ0) is 22.9. The van der Waals surface area contributed by atoms with Gasteiger partial charge in [0.05, 0.1) is 24.7 Å². The van der Waals surface area contributed by atoms with E-state index in [1.165, 1.54) is 7.11 Å². The van der Waals surface area contributed by atoms with E-state index in [2.05, 4.69) is 27.7 Å². The lowest BCUT2D eigenvalue weighted by Gasteiger charge is -2.30. The van der Waals surface area contributed by atoms with E-state index < -0.39 is 0 Å². The molecular formula is C25H29NO5. The van der Waals surface area contributed by atoms with E-state index in [0.29, 0.717) is 11.3 Å². The molecular weight excluding hydrogens is 394 g/mol. The Morgan fingerprint density at radius 3 is 1.81 bits per heavy atom. The largest absolute Gasteiger partial charge is 0.496 e. The molecule has 0 amide bonds. The lowest BCUT2D eigenvalue weighted by atomic mass is 9.72. The Morgan fingerprint density at radius 2 is 1.35 bits per heavy atom. The van der Waals surface area contributed by atoms with E-state index >= 15 is 0 Å². The van der Waals surface area contributed by atoms with Crippen molar-refractivity contribution in [2.24, 2.45) is 0 Å². The molecule has 164 valence electrons. The topological polar surface area (TPSA) is 78.7 Å². The summed E-state index contributed by atoms with van der Waals surface area (Å²) >= 11 is 0. The van der Waals surface area contributed by atoms with Gasteiger partial charge in [-0.2, -0.15) is 0 Å². The summed E-state index contributed by atoms with van der Waals surface area (Å²) in [6, 6.07) is 7.55. The summed E-state index contributed by atoms with van der Waals surface area (Å²) in [5, 5.41) is 11.7. The smallest absolute Gasteiger partial charge is 0.311 e. The van der Waals surface area contributed by atoms with Gasteiger partial charge in [-0.3, -0.25) is 14.9 Å². The minimum atomic E-state index is -0.380. The highest BCUT2D eigenvalue weighted by Gasteiger charge is 2.57. The summed E-state index contributed by atoms with van der Waals surface area (Å²) < 4.78 is 11.0. The first kappa shape index (κ1) is 21.3. The van der Waals surface area contributed by atoms with Crippen LogP contribution in [0.15, 0.2) is 24.3 Å². The van der Waals surface area contributed by atoms with E-state index in [4.69, 9.17) is 9.47 Å². The summed E-state index contributed by atoms with van der Waals surface area (Å²) in [4.78, 5) is 23.6. The number of ether oxygens (including phenoxy) is 2. The Labute approximate surface area is 182 Å². The van der Waals surface area contributed by atoms with Crippen LogP contribution in [-0.4, -0.2) is 24.9 Å². The molecule has 1 spiro atoms. The molecule has 4 rings (SSSR count). The van der Waals surface area contributed by atoms with Gasteiger partial charge in [-0.25, -0.2) is 0 Å². The first-order valence-corrected chi connectivity index (χ1v) is 10.5. The van der Waals surface area contributed by atoms with Crippen LogP contribution in [0.2, 0.25) is 0 Å². The van der Waals surface area contributed by atoms with Crippen LogP contribution in [0, 0.1) is 10.1 Å². The zero-order valence-corrected chi connectivity index (χ0v) is 19.2. The first-order valence-electron chi connectivity index (χ1n) is 10.5. The van der Waals surface area contributed by atoms with Crippen LogP contribution >= 0.6 is 0 Å². The third kappa shape index (κ3) is 2.87. The van der Waals surface area contributed by atoms with Crippen LogP contribution in [0.1, 0.15) is 80.1 Å². The second-order valence-corrected chi connectivity index (χ2v) is 10.2. The fraction of sp³-hybridized carbons (Fsp3) is 0.480. The van der Waals surface area contributed by atoms with Crippen molar-refractivity contribution < 1.29 is 19.2 Å². The zero-order valence-electron chi connectivity index (χ0n) is 19.2. The Balaban J connectivity index is 2.06. The molecule has 2 aromatic rings. The SMILES string of the molecule is COc1cc2c(cc1C(C)=O)C(C)(C)CC21CC(C)(C)c2cc([N+](=O)[O-])c(OC)cc21. The monoisotopic (exact) mass is 423 g/mol. The average molecular weight is 424 g/mol. The second kappa shape index (κ2) is 6.55. The second-order valence-electron chi connectivity index (χ2n) is 10.2. The highest BCUT2D eigenvalue weighted by atomic mass is 16.6. The third-order valence-corrected chi connectivity index (χ3v) is 7.21. The van der Waals surface area contributed by atoms with Crippen LogP contribution in [0.5, 0.6) is 11.5 Å². The summed E-state index contributed by atoms with van der Waals surface area (Å²) in [7, 11) is 3.05. The molecule has 0 fully saturated rings. The van der Waals surface area contributed by atoms with Crippen LogP contribution in [0.3, 0.4) is 0 Å². The third-order valence-electron chi connectivity index (χ3n) is 7.21. The maximum absolute atomic E-state index is 12.3. The summed E-state index contributed by atoms with van der Waals surface area (Å²) in [5.74, 6) is 0.823. The van der Waals surface area contributed by atoms with Gasteiger partial charge in [0.1, 0.15) is 5.75 Å². The number of benzene rings is 2. The van der Waals surface area contributed by atoms with Crippen molar-refractivity contribution in [2.45, 2.75) is 63.7 Å². The van der Waals surface area contributed by atoms with Crippen LogP contribution in [0.4, 0.5) is 5.69 Å². The predicted molar refractivity (Wildman–Crippen MR) is 119 cm³/mol. The fourth-order valence-electron chi connectivity index (χ4n) is 6.10. The van der Waals surface area contributed by atoms with Crippen molar-refractivity contribution in [1.29, 1.82) is 0 Å². The number of nitro groups is 1. The van der Waals surface area contributed by atoms with Gasteiger partial charge in [-0.05, 0) is 71.0 Å². The van der Waals surface area contributed by atoms with Gasteiger partial charge < -0.3 is 9.47 Å². The molecule has 6 nitrogen and oxygen atoms in total.